The van der Waals surface area contributed by atoms with Crippen LogP contribution >= 0.6 is 0 Å². The lowest BCUT2D eigenvalue weighted by atomic mass is 9.84. The maximum atomic E-state index is 10.4. The molecule has 0 radical (unpaired) electrons. The van der Waals surface area contributed by atoms with Gasteiger partial charge in [-0.25, -0.2) is 4.79 Å². The van der Waals surface area contributed by atoms with Gasteiger partial charge in [-0.15, -0.1) is 0 Å². The average molecular weight is 188 g/mol. The molecule has 0 aromatic carbocycles. The molecule has 0 heterocycles. The number of nitrogens with two attached hydrogens (primary N) is 2. The number of hydrogen-bond donors (Lipinski definition) is 2. The minimum absolute atomic E-state index is 0.00171. The van der Waals surface area contributed by atoms with Gasteiger partial charge in [0.2, 0.25) is 0 Å². The quantitative estimate of drug-likeness (QED) is 0.699. The number of hydrogen-bond acceptors (Lipinski definition) is 3. The third-order valence-electron chi connectivity index (χ3n) is 2.02. The van der Waals surface area contributed by atoms with E-state index in [0.29, 0.717) is 6.42 Å². The van der Waals surface area contributed by atoms with E-state index in [2.05, 4.69) is 20.8 Å². The zero-order valence-corrected chi connectivity index (χ0v) is 8.83. The van der Waals surface area contributed by atoms with Crippen molar-refractivity contribution in [3.63, 3.8) is 0 Å². The highest BCUT2D eigenvalue weighted by molar-refractivity contribution is 5.64. The molecule has 2 atom stereocenters. The van der Waals surface area contributed by atoms with E-state index in [1.54, 1.807) is 6.92 Å². The molecule has 0 aliphatic rings. The van der Waals surface area contributed by atoms with Crippen molar-refractivity contribution in [1.29, 1.82) is 0 Å². The van der Waals surface area contributed by atoms with Crippen LogP contribution in [0.5, 0.6) is 0 Å². The van der Waals surface area contributed by atoms with Crippen molar-refractivity contribution >= 4 is 6.09 Å². The van der Waals surface area contributed by atoms with Gasteiger partial charge in [-0.3, -0.25) is 0 Å². The van der Waals surface area contributed by atoms with Crippen LogP contribution in [-0.4, -0.2) is 18.2 Å². The van der Waals surface area contributed by atoms with Crippen molar-refractivity contribution < 1.29 is 9.53 Å². The molecule has 4 nitrogen and oxygen atoms in total. The lowest BCUT2D eigenvalue weighted by Crippen LogP contribution is -2.38. The molecule has 2 unspecified atom stereocenters. The summed E-state index contributed by atoms with van der Waals surface area (Å²) in [5, 5.41) is 0. The first-order valence-electron chi connectivity index (χ1n) is 4.45. The smallest absolute Gasteiger partial charge is 0.404 e. The minimum atomic E-state index is -0.742. The van der Waals surface area contributed by atoms with Gasteiger partial charge < -0.3 is 16.2 Å². The molecule has 0 aromatic rings. The Morgan fingerprint density at radius 2 is 1.92 bits per heavy atom. The van der Waals surface area contributed by atoms with Gasteiger partial charge in [0.1, 0.15) is 6.10 Å². The standard InChI is InChI=1S/C9H20N2O2/c1-6(13-8(11)12)5-7(10)9(2,3)4/h6-7H,5,10H2,1-4H3,(H2,11,12). The number of carbonyl (C=O) groups is 1. The highest BCUT2D eigenvalue weighted by atomic mass is 16.6. The normalized spacial score (nSPS) is 16.4. The molecule has 0 aromatic heterocycles. The van der Waals surface area contributed by atoms with Crippen molar-refractivity contribution in [2.75, 3.05) is 0 Å². The number of amides is 1. The molecule has 0 saturated carbocycles. The van der Waals surface area contributed by atoms with Crippen molar-refractivity contribution in [2.24, 2.45) is 16.9 Å². The summed E-state index contributed by atoms with van der Waals surface area (Å²) < 4.78 is 4.77. The summed E-state index contributed by atoms with van der Waals surface area (Å²) in [4.78, 5) is 10.4. The molecule has 4 heteroatoms. The van der Waals surface area contributed by atoms with Gasteiger partial charge in [0.15, 0.2) is 0 Å². The summed E-state index contributed by atoms with van der Waals surface area (Å²) in [7, 11) is 0. The fourth-order valence-corrected chi connectivity index (χ4v) is 0.958. The SMILES string of the molecule is CC(CC(N)C(C)(C)C)OC(N)=O. The minimum Gasteiger partial charge on any atom is -0.447 e. The molecule has 13 heavy (non-hydrogen) atoms. The Labute approximate surface area is 79.6 Å². The first kappa shape index (κ1) is 12.2. The zero-order chi connectivity index (χ0) is 10.6. The van der Waals surface area contributed by atoms with Gasteiger partial charge in [0.05, 0.1) is 0 Å². The topological polar surface area (TPSA) is 78.3 Å². The Balaban J connectivity index is 3.92. The molecule has 0 aliphatic carbocycles. The van der Waals surface area contributed by atoms with E-state index in [-0.39, 0.29) is 17.6 Å². The van der Waals surface area contributed by atoms with Gasteiger partial charge in [0.25, 0.3) is 0 Å². The summed E-state index contributed by atoms with van der Waals surface area (Å²) in [6, 6.07) is 0.00171. The molecule has 0 spiro atoms. The summed E-state index contributed by atoms with van der Waals surface area (Å²) >= 11 is 0. The van der Waals surface area contributed by atoms with E-state index in [1.165, 1.54) is 0 Å². The molecule has 0 aliphatic heterocycles. The predicted molar refractivity (Wildman–Crippen MR) is 52.2 cm³/mol. The van der Waals surface area contributed by atoms with Crippen LogP contribution < -0.4 is 11.5 Å². The third-order valence-corrected chi connectivity index (χ3v) is 2.02. The van der Waals surface area contributed by atoms with Crippen LogP contribution in [0.4, 0.5) is 4.79 Å². The number of primary amides is 1. The van der Waals surface area contributed by atoms with Gasteiger partial charge in [0, 0.05) is 6.04 Å². The Hall–Kier alpha value is -0.770. The van der Waals surface area contributed by atoms with E-state index in [9.17, 15) is 4.79 Å². The van der Waals surface area contributed by atoms with E-state index >= 15 is 0 Å². The van der Waals surface area contributed by atoms with Crippen LogP contribution in [0.2, 0.25) is 0 Å². The Morgan fingerprint density at radius 1 is 1.46 bits per heavy atom. The van der Waals surface area contributed by atoms with Crippen molar-refractivity contribution in [1.82, 2.24) is 0 Å². The second-order valence-corrected chi connectivity index (χ2v) is 4.46. The molecule has 4 N–H and O–H groups in total. The van der Waals surface area contributed by atoms with Crippen molar-refractivity contribution in [3.05, 3.63) is 0 Å². The summed E-state index contributed by atoms with van der Waals surface area (Å²) in [6.45, 7) is 7.94. The summed E-state index contributed by atoms with van der Waals surface area (Å²) in [5.41, 5.74) is 10.8. The van der Waals surface area contributed by atoms with Gasteiger partial charge >= 0.3 is 6.09 Å². The largest absolute Gasteiger partial charge is 0.447 e. The predicted octanol–water partition coefficient (Wildman–Crippen LogP) is 1.23. The van der Waals surface area contributed by atoms with E-state index in [0.717, 1.165) is 0 Å². The molecule has 1 amide bonds. The highest BCUT2D eigenvalue weighted by Gasteiger charge is 2.23. The number of carbonyl (C=O) groups excluding carboxylic acids is 1. The molecule has 78 valence electrons. The van der Waals surface area contributed by atoms with Gasteiger partial charge in [-0.2, -0.15) is 0 Å². The van der Waals surface area contributed by atoms with E-state index in [4.69, 9.17) is 16.2 Å². The first-order valence-corrected chi connectivity index (χ1v) is 4.45. The molecular weight excluding hydrogens is 168 g/mol. The molecule has 0 bridgehead atoms. The average Bonchev–Trinajstić information content (AvgIpc) is 1.82. The molecule has 0 saturated heterocycles. The molecule has 0 fully saturated rings. The zero-order valence-electron chi connectivity index (χ0n) is 8.83. The number of ether oxygens (including phenoxy) is 1. The highest BCUT2D eigenvalue weighted by Crippen LogP contribution is 2.21. The van der Waals surface area contributed by atoms with Crippen LogP contribution in [0.1, 0.15) is 34.1 Å². The van der Waals surface area contributed by atoms with Crippen LogP contribution in [0.15, 0.2) is 0 Å². The second kappa shape index (κ2) is 4.46. The monoisotopic (exact) mass is 188 g/mol. The maximum Gasteiger partial charge on any atom is 0.404 e. The Bertz CT molecular complexity index is 175. The maximum absolute atomic E-state index is 10.4. The van der Waals surface area contributed by atoms with Crippen LogP contribution in [0.3, 0.4) is 0 Å². The van der Waals surface area contributed by atoms with Gasteiger partial charge in [-0.1, -0.05) is 20.8 Å². The summed E-state index contributed by atoms with van der Waals surface area (Å²) in [6.07, 6.45) is -0.327. The Kier molecular flexibility index (Phi) is 4.20. The molecule has 0 rings (SSSR count). The lowest BCUT2D eigenvalue weighted by Gasteiger charge is -2.28. The van der Waals surface area contributed by atoms with Gasteiger partial charge in [-0.05, 0) is 18.8 Å². The summed E-state index contributed by atoms with van der Waals surface area (Å²) in [5.74, 6) is 0. The van der Waals surface area contributed by atoms with Crippen LogP contribution in [-0.2, 0) is 4.74 Å². The third kappa shape index (κ3) is 5.47. The van der Waals surface area contributed by atoms with E-state index < -0.39 is 6.09 Å². The van der Waals surface area contributed by atoms with E-state index in [1.807, 2.05) is 0 Å². The number of rotatable bonds is 3. The van der Waals surface area contributed by atoms with Crippen molar-refractivity contribution in [3.8, 4) is 0 Å². The van der Waals surface area contributed by atoms with Crippen molar-refractivity contribution in [2.45, 2.75) is 46.3 Å². The second-order valence-electron chi connectivity index (χ2n) is 4.46. The fourth-order valence-electron chi connectivity index (χ4n) is 0.958. The van der Waals surface area contributed by atoms with Crippen LogP contribution in [0.25, 0.3) is 0 Å². The fraction of sp³-hybridized carbons (Fsp3) is 0.889. The lowest BCUT2D eigenvalue weighted by molar-refractivity contribution is 0.0969. The van der Waals surface area contributed by atoms with Crippen LogP contribution in [0, 0.1) is 5.41 Å². The molecular formula is C9H20N2O2. The Morgan fingerprint density at radius 3 is 2.23 bits per heavy atom. The first-order chi connectivity index (χ1) is 5.73.